The van der Waals surface area contributed by atoms with E-state index >= 15 is 0 Å². The molecule has 0 saturated carbocycles. The minimum Gasteiger partial charge on any atom is -0.394 e. The van der Waals surface area contributed by atoms with Crippen molar-refractivity contribution in [2.75, 3.05) is 30.4 Å². The molecule has 1 aliphatic heterocycles. The van der Waals surface area contributed by atoms with Crippen molar-refractivity contribution in [3.63, 3.8) is 0 Å². The van der Waals surface area contributed by atoms with Gasteiger partial charge in [0.15, 0.2) is 0 Å². The zero-order valence-electron chi connectivity index (χ0n) is 15.8. The second-order valence-electron chi connectivity index (χ2n) is 7.63. The van der Waals surface area contributed by atoms with Crippen molar-refractivity contribution < 1.29 is 30.0 Å². The summed E-state index contributed by atoms with van der Waals surface area (Å²) >= 11 is 2.85. The lowest BCUT2D eigenvalue weighted by molar-refractivity contribution is -0.205. The number of nitrogens with one attached hydrogen (secondary N) is 1. The number of hydrogen-bond acceptors (Lipinski definition) is 8. The van der Waals surface area contributed by atoms with Crippen LogP contribution >= 0.6 is 23.5 Å². The first kappa shape index (κ1) is 24.0. The number of carbonyl (C=O) groups excluding carboxylic acids is 1. The van der Waals surface area contributed by atoms with Gasteiger partial charge in [-0.25, -0.2) is 0 Å². The Bertz CT molecular complexity index is 419. The van der Waals surface area contributed by atoms with Crippen molar-refractivity contribution in [3.05, 3.63) is 0 Å². The normalized spacial score (nSPS) is 29.6. The summed E-state index contributed by atoms with van der Waals surface area (Å²) in [4.78, 5) is 11.9. The van der Waals surface area contributed by atoms with Crippen molar-refractivity contribution in [2.45, 2.75) is 63.5 Å². The van der Waals surface area contributed by atoms with Crippen molar-refractivity contribution in [2.24, 2.45) is 5.41 Å². The van der Waals surface area contributed by atoms with E-state index in [0.717, 1.165) is 29.7 Å². The molecule has 0 aromatic carbocycles. The molecule has 0 aromatic rings. The fourth-order valence-electron chi connectivity index (χ4n) is 2.48. The lowest BCUT2D eigenvalue weighted by Crippen LogP contribution is -2.57. The first-order valence-electron chi connectivity index (χ1n) is 8.92. The van der Waals surface area contributed by atoms with Gasteiger partial charge in [0.1, 0.15) is 29.9 Å². The first-order chi connectivity index (χ1) is 12.2. The number of aliphatic hydroxyl groups is 4. The lowest BCUT2D eigenvalue weighted by atomic mass is 9.91. The summed E-state index contributed by atoms with van der Waals surface area (Å²) in [6.07, 6.45) is -2.71. The molecule has 5 atom stereocenters. The van der Waals surface area contributed by atoms with Crippen LogP contribution in [0.1, 0.15) is 33.6 Å². The number of carbonyl (C=O) groups is 1. The number of amides is 1. The highest BCUT2D eigenvalue weighted by molar-refractivity contribution is 8.00. The third-order valence-corrected chi connectivity index (χ3v) is 6.23. The zero-order valence-corrected chi connectivity index (χ0v) is 17.4. The summed E-state index contributed by atoms with van der Waals surface area (Å²) < 4.78 is 5.35. The van der Waals surface area contributed by atoms with Crippen LogP contribution in [0.25, 0.3) is 0 Å². The molecule has 154 valence electrons. The maximum atomic E-state index is 11.9. The molecule has 1 aliphatic rings. The molecule has 1 fully saturated rings. The predicted molar refractivity (Wildman–Crippen MR) is 105 cm³/mol. The highest BCUT2D eigenvalue weighted by Gasteiger charge is 2.43. The Morgan fingerprint density at radius 1 is 1.12 bits per heavy atom. The maximum absolute atomic E-state index is 11.9. The van der Waals surface area contributed by atoms with Crippen LogP contribution in [-0.4, -0.2) is 86.6 Å². The number of thioether (sulfide) groups is 2. The van der Waals surface area contributed by atoms with E-state index in [4.69, 9.17) is 9.84 Å². The Kier molecular flexibility index (Phi) is 10.8. The van der Waals surface area contributed by atoms with Gasteiger partial charge >= 0.3 is 0 Å². The molecule has 26 heavy (non-hydrogen) atoms. The number of aliphatic hydroxyl groups excluding tert-OH is 4. The van der Waals surface area contributed by atoms with E-state index in [1.807, 2.05) is 11.8 Å². The molecule has 5 N–H and O–H groups in total. The first-order valence-corrected chi connectivity index (χ1v) is 11.1. The lowest BCUT2D eigenvalue weighted by Gasteiger charge is -2.39. The van der Waals surface area contributed by atoms with Crippen molar-refractivity contribution in [3.8, 4) is 0 Å². The molecule has 0 radical (unpaired) electrons. The number of hydrogen-bond donors (Lipinski definition) is 5. The molecule has 1 amide bonds. The van der Waals surface area contributed by atoms with E-state index in [1.54, 1.807) is 0 Å². The van der Waals surface area contributed by atoms with Gasteiger partial charge in [-0.05, 0) is 24.0 Å². The Balaban J connectivity index is 2.16. The molecule has 1 rings (SSSR count). The molecular weight excluding hydrogens is 378 g/mol. The summed E-state index contributed by atoms with van der Waals surface area (Å²) in [5, 5.41) is 41.3. The van der Waals surface area contributed by atoms with Crippen LogP contribution in [0.2, 0.25) is 0 Å². The van der Waals surface area contributed by atoms with Gasteiger partial charge in [-0.2, -0.15) is 11.8 Å². The van der Waals surface area contributed by atoms with Gasteiger partial charge in [0, 0.05) is 12.3 Å². The van der Waals surface area contributed by atoms with E-state index in [9.17, 15) is 20.1 Å². The van der Waals surface area contributed by atoms with Crippen LogP contribution in [0.4, 0.5) is 0 Å². The third kappa shape index (κ3) is 8.77. The molecule has 0 spiro atoms. The van der Waals surface area contributed by atoms with Crippen molar-refractivity contribution in [1.29, 1.82) is 0 Å². The topological polar surface area (TPSA) is 119 Å². The van der Waals surface area contributed by atoms with Gasteiger partial charge in [-0.1, -0.05) is 20.8 Å². The highest BCUT2D eigenvalue weighted by atomic mass is 32.2. The van der Waals surface area contributed by atoms with Crippen molar-refractivity contribution in [1.82, 2.24) is 5.32 Å². The fourth-order valence-corrected chi connectivity index (χ4v) is 4.28. The Morgan fingerprint density at radius 2 is 1.81 bits per heavy atom. The SMILES string of the molecule is CC(C)(C)CCCSCCNC(=O)CS[C@H]1OC(CO)[C@@H](O)[C@H](O)C1O. The second kappa shape index (κ2) is 11.7. The maximum Gasteiger partial charge on any atom is 0.230 e. The fraction of sp³-hybridized carbons (Fsp3) is 0.941. The molecule has 0 aromatic heterocycles. The van der Waals surface area contributed by atoms with Crippen LogP contribution in [0.15, 0.2) is 0 Å². The molecule has 0 aliphatic carbocycles. The molecule has 9 heteroatoms. The van der Waals surface area contributed by atoms with Crippen LogP contribution < -0.4 is 5.32 Å². The summed E-state index contributed by atoms with van der Waals surface area (Å²) in [5.74, 6) is 1.81. The zero-order chi connectivity index (χ0) is 19.7. The van der Waals surface area contributed by atoms with Gasteiger partial charge in [0.05, 0.1) is 12.4 Å². The monoisotopic (exact) mass is 411 g/mol. The average Bonchev–Trinajstić information content (AvgIpc) is 2.57. The van der Waals surface area contributed by atoms with Gasteiger partial charge < -0.3 is 30.5 Å². The van der Waals surface area contributed by atoms with E-state index in [2.05, 4.69) is 26.1 Å². The molecule has 7 nitrogen and oxygen atoms in total. The Labute approximate surface area is 164 Å². The summed E-state index contributed by atoms with van der Waals surface area (Å²) in [5.41, 5.74) is -0.515. The van der Waals surface area contributed by atoms with Crippen LogP contribution in [-0.2, 0) is 9.53 Å². The van der Waals surface area contributed by atoms with Crippen LogP contribution in [0.3, 0.4) is 0 Å². The molecule has 2 unspecified atom stereocenters. The van der Waals surface area contributed by atoms with E-state index < -0.39 is 36.5 Å². The van der Waals surface area contributed by atoms with E-state index in [-0.39, 0.29) is 11.7 Å². The average molecular weight is 412 g/mol. The Morgan fingerprint density at radius 3 is 2.42 bits per heavy atom. The second-order valence-corrected chi connectivity index (χ2v) is 9.95. The number of ether oxygens (including phenoxy) is 1. The number of rotatable bonds is 10. The van der Waals surface area contributed by atoms with Gasteiger partial charge in [-0.3, -0.25) is 4.79 Å². The molecule has 1 saturated heterocycles. The predicted octanol–water partition coefficient (Wildman–Crippen LogP) is 0.195. The smallest absolute Gasteiger partial charge is 0.230 e. The van der Waals surface area contributed by atoms with Crippen molar-refractivity contribution >= 4 is 29.4 Å². The van der Waals surface area contributed by atoms with E-state index in [0.29, 0.717) is 12.0 Å². The van der Waals surface area contributed by atoms with Gasteiger partial charge in [0.2, 0.25) is 5.91 Å². The molecule has 0 bridgehead atoms. The summed E-state index contributed by atoms with van der Waals surface area (Å²) in [6.45, 7) is 6.79. The minimum atomic E-state index is -1.41. The standard InChI is InChI=1S/C17H33NO6S2/c1-17(2,3)5-4-7-25-8-6-18-12(20)10-26-16-15(23)14(22)13(21)11(9-19)24-16/h11,13-16,19,21-23H,4-10H2,1-3H3,(H,18,20)/t11?,13-,14+,15?,16-/m1/s1. The quantitative estimate of drug-likeness (QED) is 0.323. The van der Waals surface area contributed by atoms with Gasteiger partial charge in [-0.15, -0.1) is 11.8 Å². The van der Waals surface area contributed by atoms with E-state index in [1.165, 1.54) is 6.42 Å². The summed E-state index contributed by atoms with van der Waals surface area (Å²) in [6, 6.07) is 0. The largest absolute Gasteiger partial charge is 0.394 e. The summed E-state index contributed by atoms with van der Waals surface area (Å²) in [7, 11) is 0. The van der Waals surface area contributed by atoms with Gasteiger partial charge in [0.25, 0.3) is 0 Å². The third-order valence-electron chi connectivity index (χ3n) is 4.01. The minimum absolute atomic E-state index is 0.0668. The molecule has 1 heterocycles. The van der Waals surface area contributed by atoms with Crippen LogP contribution in [0.5, 0.6) is 0 Å². The Hall–Kier alpha value is -0.0300. The van der Waals surface area contributed by atoms with Crippen LogP contribution in [0, 0.1) is 5.41 Å². The highest BCUT2D eigenvalue weighted by Crippen LogP contribution is 2.28. The molecular formula is C17H33NO6S2.